The lowest BCUT2D eigenvalue weighted by Crippen LogP contribution is -2.49. The van der Waals surface area contributed by atoms with E-state index in [1.807, 2.05) is 0 Å². The average Bonchev–Trinajstić information content (AvgIpc) is 3.26. The van der Waals surface area contributed by atoms with Gasteiger partial charge in [-0.05, 0) is 12.8 Å². The molecule has 9 heteroatoms. The van der Waals surface area contributed by atoms with E-state index in [0.29, 0.717) is 24.0 Å². The van der Waals surface area contributed by atoms with Gasteiger partial charge in [0.2, 0.25) is 11.8 Å². The summed E-state index contributed by atoms with van der Waals surface area (Å²) in [6.45, 7) is 0.294. The van der Waals surface area contributed by atoms with Gasteiger partial charge >= 0.3 is 0 Å². The van der Waals surface area contributed by atoms with Crippen LogP contribution >= 0.6 is 11.8 Å². The van der Waals surface area contributed by atoms with Crippen LogP contribution in [0.25, 0.3) is 0 Å². The molecule has 1 aromatic rings. The number of H-pyrrole nitrogens is 1. The normalized spacial score (nSPS) is 22.2. The summed E-state index contributed by atoms with van der Waals surface area (Å²) in [7, 11) is 1.71. The molecule has 0 radical (unpaired) electrons. The third-order valence-electron chi connectivity index (χ3n) is 4.30. The zero-order valence-electron chi connectivity index (χ0n) is 12.6. The lowest BCUT2D eigenvalue weighted by atomic mass is 10.1. The maximum absolute atomic E-state index is 12.6. The number of rotatable bonds is 4. The summed E-state index contributed by atoms with van der Waals surface area (Å²) in [6, 6.07) is -0.366. The highest BCUT2D eigenvalue weighted by Crippen LogP contribution is 2.31. The molecule has 0 bridgehead atoms. The van der Waals surface area contributed by atoms with Crippen molar-refractivity contribution in [3.8, 4) is 0 Å². The van der Waals surface area contributed by atoms with E-state index < -0.39 is 0 Å². The highest BCUT2D eigenvalue weighted by molar-refractivity contribution is 7.99. The third-order valence-corrected chi connectivity index (χ3v) is 5.31. The van der Waals surface area contributed by atoms with Gasteiger partial charge in [-0.2, -0.15) is 5.21 Å². The van der Waals surface area contributed by atoms with Crippen LogP contribution in [0, 0.1) is 5.92 Å². The van der Waals surface area contributed by atoms with Crippen molar-refractivity contribution in [2.45, 2.75) is 38.3 Å². The number of carbonyl (C=O) groups excluding carboxylic acids is 2. The fourth-order valence-corrected chi connectivity index (χ4v) is 4.22. The quantitative estimate of drug-likeness (QED) is 0.853. The second kappa shape index (κ2) is 6.64. The number of tetrazole rings is 1. The van der Waals surface area contributed by atoms with Gasteiger partial charge in [0.15, 0.2) is 5.82 Å². The van der Waals surface area contributed by atoms with Gasteiger partial charge in [-0.1, -0.05) is 18.1 Å². The van der Waals surface area contributed by atoms with Crippen molar-refractivity contribution >= 4 is 23.6 Å². The van der Waals surface area contributed by atoms with E-state index in [0.717, 1.165) is 25.7 Å². The molecular weight excluding hydrogens is 304 g/mol. The van der Waals surface area contributed by atoms with Gasteiger partial charge in [0.05, 0.1) is 12.4 Å². The summed E-state index contributed by atoms with van der Waals surface area (Å²) in [5.41, 5.74) is 0. The zero-order valence-corrected chi connectivity index (χ0v) is 13.4. The maximum Gasteiger partial charge on any atom is 0.246 e. The number of hydrogen-bond acceptors (Lipinski definition) is 6. The molecule has 3 rings (SSSR count). The maximum atomic E-state index is 12.6. The molecule has 120 valence electrons. The number of amides is 2. The van der Waals surface area contributed by atoms with Crippen LogP contribution in [-0.4, -0.2) is 67.0 Å². The third kappa shape index (κ3) is 3.08. The van der Waals surface area contributed by atoms with Crippen LogP contribution in [-0.2, 0) is 16.1 Å². The van der Waals surface area contributed by atoms with Crippen molar-refractivity contribution in [1.29, 1.82) is 0 Å². The molecule has 2 heterocycles. The van der Waals surface area contributed by atoms with E-state index in [4.69, 9.17) is 0 Å². The minimum absolute atomic E-state index is 0.0545. The molecule has 22 heavy (non-hydrogen) atoms. The number of thioether (sulfide) groups is 1. The fraction of sp³-hybridized carbons (Fsp3) is 0.769. The Balaban J connectivity index is 1.64. The molecule has 1 aliphatic heterocycles. The predicted octanol–water partition coefficient (Wildman–Crippen LogP) is 0.250. The number of aromatic amines is 1. The molecule has 2 fully saturated rings. The average molecular weight is 324 g/mol. The van der Waals surface area contributed by atoms with E-state index in [1.54, 1.807) is 28.6 Å². The fourth-order valence-electron chi connectivity index (χ4n) is 3.07. The number of aromatic nitrogens is 4. The van der Waals surface area contributed by atoms with Gasteiger partial charge < -0.3 is 9.80 Å². The van der Waals surface area contributed by atoms with E-state index >= 15 is 0 Å². The van der Waals surface area contributed by atoms with Gasteiger partial charge in [0.1, 0.15) is 6.04 Å². The van der Waals surface area contributed by atoms with Crippen LogP contribution in [0.2, 0.25) is 0 Å². The van der Waals surface area contributed by atoms with Crippen LogP contribution in [0.5, 0.6) is 0 Å². The number of carbonyl (C=O) groups is 2. The molecular formula is C13H20N6O2S. The molecule has 1 aromatic heterocycles. The Kier molecular flexibility index (Phi) is 4.60. The van der Waals surface area contributed by atoms with Gasteiger partial charge in [-0.25, -0.2) is 0 Å². The molecule has 8 nitrogen and oxygen atoms in total. The Bertz CT molecular complexity index is 531. The Morgan fingerprint density at radius 3 is 2.86 bits per heavy atom. The van der Waals surface area contributed by atoms with Crippen LogP contribution in [0.1, 0.15) is 31.5 Å². The second-order valence-corrected chi connectivity index (χ2v) is 6.83. The van der Waals surface area contributed by atoms with Gasteiger partial charge in [0.25, 0.3) is 0 Å². The van der Waals surface area contributed by atoms with E-state index in [9.17, 15) is 9.59 Å². The molecule has 1 saturated heterocycles. The molecule has 2 aliphatic rings. The van der Waals surface area contributed by atoms with E-state index in [2.05, 4.69) is 20.6 Å². The summed E-state index contributed by atoms with van der Waals surface area (Å²) < 4.78 is 0. The number of nitrogens with zero attached hydrogens (tertiary/aromatic N) is 5. The summed E-state index contributed by atoms with van der Waals surface area (Å²) in [5.74, 6) is 1.94. The smallest absolute Gasteiger partial charge is 0.246 e. The molecule has 0 aromatic carbocycles. The summed E-state index contributed by atoms with van der Waals surface area (Å²) in [6.07, 6.45) is 4.15. The first-order valence-electron chi connectivity index (χ1n) is 7.52. The standard InChI is InChI=1S/C13H20N6O2S/c1-18(6-11-14-16-17-15-11)13(21)10-7-22-8-19(10)12(20)9-4-2-3-5-9/h9-10H,2-8H2,1H3,(H,14,15,16,17)/t10-/m0/s1. The van der Waals surface area contributed by atoms with Crippen molar-refractivity contribution in [3.05, 3.63) is 5.82 Å². The Hall–Kier alpha value is -1.64. The van der Waals surface area contributed by atoms with Crippen molar-refractivity contribution < 1.29 is 9.59 Å². The summed E-state index contributed by atoms with van der Waals surface area (Å²) in [5, 5.41) is 13.6. The van der Waals surface area contributed by atoms with Gasteiger partial charge in [0, 0.05) is 18.7 Å². The van der Waals surface area contributed by atoms with Crippen molar-refractivity contribution in [2.24, 2.45) is 5.92 Å². The minimum Gasteiger partial charge on any atom is -0.336 e. The number of nitrogens with one attached hydrogen (secondary N) is 1. The Morgan fingerprint density at radius 1 is 1.41 bits per heavy atom. The molecule has 2 amide bonds. The Labute approximate surface area is 133 Å². The topological polar surface area (TPSA) is 95.1 Å². The Morgan fingerprint density at radius 2 is 2.18 bits per heavy atom. The van der Waals surface area contributed by atoms with Gasteiger partial charge in [-0.15, -0.1) is 22.0 Å². The first-order valence-corrected chi connectivity index (χ1v) is 8.68. The summed E-state index contributed by atoms with van der Waals surface area (Å²) in [4.78, 5) is 28.6. The molecule has 1 atom stereocenters. The second-order valence-electron chi connectivity index (χ2n) is 5.83. The van der Waals surface area contributed by atoms with Crippen LogP contribution in [0.4, 0.5) is 0 Å². The zero-order chi connectivity index (χ0) is 15.5. The van der Waals surface area contributed by atoms with Crippen LogP contribution in [0.3, 0.4) is 0 Å². The van der Waals surface area contributed by atoms with E-state index in [1.165, 1.54) is 0 Å². The van der Waals surface area contributed by atoms with Crippen LogP contribution < -0.4 is 0 Å². The van der Waals surface area contributed by atoms with E-state index in [-0.39, 0.29) is 23.8 Å². The molecule has 0 spiro atoms. The largest absolute Gasteiger partial charge is 0.336 e. The molecule has 1 N–H and O–H groups in total. The molecule has 0 unspecified atom stereocenters. The first-order chi connectivity index (χ1) is 10.7. The highest BCUT2D eigenvalue weighted by Gasteiger charge is 2.39. The van der Waals surface area contributed by atoms with Gasteiger partial charge in [-0.3, -0.25) is 9.59 Å². The monoisotopic (exact) mass is 324 g/mol. The minimum atomic E-state index is -0.366. The highest BCUT2D eigenvalue weighted by atomic mass is 32.2. The number of likely N-dealkylation sites (N-methyl/N-ethyl adjacent to an activating group) is 1. The SMILES string of the molecule is CN(Cc1nn[nH]n1)C(=O)[C@@H]1CSCN1C(=O)C1CCCC1. The lowest BCUT2D eigenvalue weighted by molar-refractivity contribution is -0.145. The van der Waals surface area contributed by atoms with Crippen molar-refractivity contribution in [3.63, 3.8) is 0 Å². The van der Waals surface area contributed by atoms with Crippen molar-refractivity contribution in [2.75, 3.05) is 18.7 Å². The molecule has 1 aliphatic carbocycles. The molecule has 1 saturated carbocycles. The summed E-state index contributed by atoms with van der Waals surface area (Å²) >= 11 is 1.64. The van der Waals surface area contributed by atoms with Crippen molar-refractivity contribution in [1.82, 2.24) is 30.4 Å². The predicted molar refractivity (Wildman–Crippen MR) is 80.6 cm³/mol. The lowest BCUT2D eigenvalue weighted by Gasteiger charge is -2.28. The van der Waals surface area contributed by atoms with Crippen LogP contribution in [0.15, 0.2) is 0 Å². The first kappa shape index (κ1) is 15.3. The number of hydrogen-bond donors (Lipinski definition) is 1.